The highest BCUT2D eigenvalue weighted by atomic mass is 79.9. The molecule has 1 aromatic carbocycles. The smallest absolute Gasteiger partial charge is 0.161 e. The number of benzene rings is 1. The summed E-state index contributed by atoms with van der Waals surface area (Å²) < 4.78 is 0.956. The monoisotopic (exact) mass is 304 g/mol. The zero-order chi connectivity index (χ0) is 10.8. The largest absolute Gasteiger partial charge is 0.334 e. The van der Waals surface area contributed by atoms with Gasteiger partial charge in [0.2, 0.25) is 0 Å². The highest BCUT2D eigenvalue weighted by Crippen LogP contribution is 2.28. The molecule has 0 spiro atoms. The number of nitrogens with zero attached hydrogens (tertiary/aromatic N) is 1. The molecule has 1 aromatic rings. The number of thioether (sulfide) groups is 1. The van der Waals surface area contributed by atoms with Crippen LogP contribution < -0.4 is 5.32 Å². The second-order valence-corrected chi connectivity index (χ2v) is 6.04. The van der Waals surface area contributed by atoms with Gasteiger partial charge in [-0.2, -0.15) is 0 Å². The van der Waals surface area contributed by atoms with E-state index >= 15 is 0 Å². The summed E-state index contributed by atoms with van der Waals surface area (Å²) in [6, 6.07) is 5.67. The number of anilines is 1. The Morgan fingerprint density at radius 3 is 3.00 bits per heavy atom. The summed E-state index contributed by atoms with van der Waals surface area (Å²) in [4.78, 5) is 4.39. The summed E-state index contributed by atoms with van der Waals surface area (Å²) in [5, 5.41) is 5.54. The Hall–Kier alpha value is -0.190. The third kappa shape index (κ3) is 2.89. The third-order valence-corrected chi connectivity index (χ3v) is 3.87. The minimum atomic E-state index is 0.568. The van der Waals surface area contributed by atoms with E-state index < -0.39 is 0 Å². The Kier molecular flexibility index (Phi) is 3.59. The van der Waals surface area contributed by atoms with E-state index in [9.17, 15) is 0 Å². The van der Waals surface area contributed by atoms with Crippen LogP contribution in [0.25, 0.3) is 0 Å². The molecule has 1 heterocycles. The lowest BCUT2D eigenvalue weighted by Crippen LogP contribution is -2.06. The topological polar surface area (TPSA) is 24.4 Å². The van der Waals surface area contributed by atoms with E-state index in [4.69, 9.17) is 11.6 Å². The van der Waals surface area contributed by atoms with E-state index in [1.54, 1.807) is 11.8 Å². The molecule has 1 aliphatic rings. The third-order valence-electron chi connectivity index (χ3n) is 1.98. The first-order valence-electron chi connectivity index (χ1n) is 4.58. The summed E-state index contributed by atoms with van der Waals surface area (Å²) in [6.45, 7) is 3.05. The standard InChI is InChI=1S/C10H10BrClN2S/c1-6-5-13-10(15-6)14-9-3-2-7(12)4-8(9)11/h2-4,6H,5H2,1H3,(H,13,14). The van der Waals surface area contributed by atoms with Gasteiger partial charge in [0, 0.05) is 14.7 Å². The van der Waals surface area contributed by atoms with Crippen molar-refractivity contribution < 1.29 is 0 Å². The Morgan fingerprint density at radius 2 is 2.40 bits per heavy atom. The van der Waals surface area contributed by atoms with Gasteiger partial charge in [-0.3, -0.25) is 4.99 Å². The van der Waals surface area contributed by atoms with E-state index in [1.165, 1.54) is 0 Å². The second-order valence-electron chi connectivity index (χ2n) is 3.32. The fourth-order valence-corrected chi connectivity index (χ4v) is 2.88. The van der Waals surface area contributed by atoms with Gasteiger partial charge in [0.1, 0.15) is 0 Å². The van der Waals surface area contributed by atoms with Gasteiger partial charge in [0.05, 0.1) is 12.2 Å². The Morgan fingerprint density at radius 1 is 1.60 bits per heavy atom. The Bertz CT molecular complexity index is 408. The highest BCUT2D eigenvalue weighted by molar-refractivity contribution is 9.10. The van der Waals surface area contributed by atoms with E-state index in [1.807, 2.05) is 18.2 Å². The molecule has 0 fully saturated rings. The van der Waals surface area contributed by atoms with Crippen LogP contribution in [0.15, 0.2) is 27.7 Å². The maximum atomic E-state index is 5.86. The van der Waals surface area contributed by atoms with Crippen LogP contribution in [-0.4, -0.2) is 17.0 Å². The van der Waals surface area contributed by atoms with Crippen molar-refractivity contribution in [2.24, 2.45) is 4.99 Å². The molecule has 0 bridgehead atoms. The maximum Gasteiger partial charge on any atom is 0.161 e. The molecule has 0 amide bonds. The molecular weight excluding hydrogens is 296 g/mol. The van der Waals surface area contributed by atoms with Crippen LogP contribution >= 0.6 is 39.3 Å². The van der Waals surface area contributed by atoms with Crippen LogP contribution in [0.5, 0.6) is 0 Å². The summed E-state index contributed by atoms with van der Waals surface area (Å²) in [7, 11) is 0. The molecule has 5 heteroatoms. The van der Waals surface area contributed by atoms with Gasteiger partial charge in [0.15, 0.2) is 5.17 Å². The molecule has 0 aromatic heterocycles. The molecule has 1 atom stereocenters. The summed E-state index contributed by atoms with van der Waals surface area (Å²) in [6.07, 6.45) is 0. The van der Waals surface area contributed by atoms with Gasteiger partial charge in [-0.25, -0.2) is 0 Å². The second kappa shape index (κ2) is 4.76. The molecule has 80 valence electrons. The molecule has 0 saturated heterocycles. The number of hydrogen-bond donors (Lipinski definition) is 1. The van der Waals surface area contributed by atoms with Gasteiger partial charge >= 0.3 is 0 Å². The van der Waals surface area contributed by atoms with Gasteiger partial charge < -0.3 is 5.32 Å². The van der Waals surface area contributed by atoms with Crippen molar-refractivity contribution in [3.8, 4) is 0 Å². The SMILES string of the molecule is CC1CN=C(Nc2ccc(Cl)cc2Br)S1. The number of amidine groups is 1. The van der Waals surface area contributed by atoms with Gasteiger partial charge in [-0.15, -0.1) is 0 Å². The van der Waals surface area contributed by atoms with E-state index in [0.29, 0.717) is 5.25 Å². The minimum Gasteiger partial charge on any atom is -0.334 e. The molecule has 15 heavy (non-hydrogen) atoms. The number of halogens is 2. The highest BCUT2D eigenvalue weighted by Gasteiger charge is 2.15. The Labute approximate surface area is 107 Å². The predicted molar refractivity (Wildman–Crippen MR) is 72.1 cm³/mol. The Balaban J connectivity index is 2.11. The summed E-state index contributed by atoms with van der Waals surface area (Å²) in [5.41, 5.74) is 1.000. The lowest BCUT2D eigenvalue weighted by molar-refractivity contribution is 0.976. The first-order chi connectivity index (χ1) is 7.15. The molecule has 0 saturated carbocycles. The first kappa shape index (κ1) is 11.3. The van der Waals surface area contributed by atoms with Crippen LogP contribution in [0, 0.1) is 0 Å². The van der Waals surface area contributed by atoms with Gasteiger partial charge in [-0.1, -0.05) is 30.3 Å². The van der Waals surface area contributed by atoms with E-state index in [2.05, 4.69) is 33.2 Å². The van der Waals surface area contributed by atoms with Crippen molar-refractivity contribution in [1.29, 1.82) is 0 Å². The average molecular weight is 306 g/mol. The first-order valence-corrected chi connectivity index (χ1v) is 6.63. The molecule has 1 aliphatic heterocycles. The van der Waals surface area contributed by atoms with Crippen molar-refractivity contribution in [2.75, 3.05) is 11.9 Å². The van der Waals surface area contributed by atoms with Crippen LogP contribution in [0.1, 0.15) is 6.92 Å². The summed E-state index contributed by atoms with van der Waals surface area (Å²) >= 11 is 11.1. The quantitative estimate of drug-likeness (QED) is 0.848. The van der Waals surface area contributed by atoms with Gasteiger partial charge in [-0.05, 0) is 34.1 Å². The van der Waals surface area contributed by atoms with Gasteiger partial charge in [0.25, 0.3) is 0 Å². The van der Waals surface area contributed by atoms with Crippen LogP contribution in [0.4, 0.5) is 5.69 Å². The molecule has 1 unspecified atom stereocenters. The predicted octanol–water partition coefficient (Wildman–Crippen LogP) is 4.01. The lowest BCUT2D eigenvalue weighted by atomic mass is 10.3. The molecule has 0 aliphatic carbocycles. The van der Waals surface area contributed by atoms with Crippen molar-refractivity contribution in [3.05, 3.63) is 27.7 Å². The van der Waals surface area contributed by atoms with Crippen molar-refractivity contribution in [2.45, 2.75) is 12.2 Å². The number of hydrogen-bond acceptors (Lipinski definition) is 3. The van der Waals surface area contributed by atoms with E-state index in [-0.39, 0.29) is 0 Å². The zero-order valence-electron chi connectivity index (χ0n) is 8.13. The molecule has 0 radical (unpaired) electrons. The average Bonchev–Trinajstić information content (AvgIpc) is 2.56. The molecule has 2 rings (SSSR count). The maximum absolute atomic E-state index is 5.86. The minimum absolute atomic E-state index is 0.568. The van der Waals surface area contributed by atoms with E-state index in [0.717, 1.165) is 26.9 Å². The zero-order valence-corrected chi connectivity index (χ0v) is 11.3. The van der Waals surface area contributed by atoms with Crippen LogP contribution in [0.3, 0.4) is 0 Å². The number of aliphatic imine (C=N–C) groups is 1. The lowest BCUT2D eigenvalue weighted by Gasteiger charge is -2.08. The van der Waals surface area contributed by atoms with Crippen molar-refractivity contribution in [1.82, 2.24) is 0 Å². The number of rotatable bonds is 1. The summed E-state index contributed by atoms with van der Waals surface area (Å²) in [5.74, 6) is 0. The van der Waals surface area contributed by atoms with Crippen LogP contribution in [0.2, 0.25) is 5.02 Å². The normalized spacial score (nSPS) is 20.2. The fraction of sp³-hybridized carbons (Fsp3) is 0.300. The molecule has 2 nitrogen and oxygen atoms in total. The van der Waals surface area contributed by atoms with Crippen molar-refractivity contribution >= 4 is 50.1 Å². The molecule has 1 N–H and O–H groups in total. The van der Waals surface area contributed by atoms with Crippen molar-refractivity contribution in [3.63, 3.8) is 0 Å². The fourth-order valence-electron chi connectivity index (χ4n) is 1.25. The molecular formula is C10H10BrClN2S. The van der Waals surface area contributed by atoms with Crippen LogP contribution in [-0.2, 0) is 0 Å². The number of nitrogens with one attached hydrogen (secondary N) is 1.